The molecule has 258 valence electrons. The third-order valence-electron chi connectivity index (χ3n) is 13.2. The lowest BCUT2D eigenvalue weighted by molar-refractivity contribution is 0.435. The van der Waals surface area contributed by atoms with Crippen LogP contribution in [0.3, 0.4) is 0 Å². The van der Waals surface area contributed by atoms with E-state index in [4.69, 9.17) is 4.74 Å². The van der Waals surface area contributed by atoms with Crippen molar-refractivity contribution in [2.45, 2.75) is 24.7 Å². The molecule has 13 rings (SSSR count). The minimum Gasteiger partial charge on any atom is -0.457 e. The van der Waals surface area contributed by atoms with Crippen LogP contribution in [0.2, 0.25) is 0 Å². The van der Waals surface area contributed by atoms with Gasteiger partial charge in [-0.25, -0.2) is 0 Å². The van der Waals surface area contributed by atoms with Gasteiger partial charge in [0.1, 0.15) is 11.5 Å². The number of rotatable bonds is 1. The molecule has 1 aliphatic carbocycles. The van der Waals surface area contributed by atoms with Crippen LogP contribution in [-0.2, 0) is 10.8 Å². The Labute approximate surface area is 318 Å². The van der Waals surface area contributed by atoms with Gasteiger partial charge in [-0.3, -0.25) is 0 Å². The van der Waals surface area contributed by atoms with Crippen molar-refractivity contribution in [1.82, 2.24) is 9.13 Å². The first kappa shape index (κ1) is 29.6. The quantitative estimate of drug-likeness (QED) is 0.167. The zero-order valence-electron chi connectivity index (χ0n) is 30.5. The maximum atomic E-state index is 7.04. The van der Waals surface area contributed by atoms with Crippen molar-refractivity contribution in [2.75, 3.05) is 0 Å². The van der Waals surface area contributed by atoms with E-state index < -0.39 is 5.41 Å². The fourth-order valence-corrected chi connectivity index (χ4v) is 10.9. The zero-order valence-corrected chi connectivity index (χ0v) is 30.5. The Kier molecular flexibility index (Phi) is 5.39. The van der Waals surface area contributed by atoms with Crippen molar-refractivity contribution >= 4 is 43.6 Å². The minimum atomic E-state index is -0.637. The van der Waals surface area contributed by atoms with Gasteiger partial charge in [0.05, 0.1) is 33.2 Å². The Bertz CT molecular complexity index is 3340. The molecule has 0 bridgehead atoms. The van der Waals surface area contributed by atoms with Gasteiger partial charge in [-0.15, -0.1) is 0 Å². The summed E-state index contributed by atoms with van der Waals surface area (Å²) >= 11 is 0. The summed E-state index contributed by atoms with van der Waals surface area (Å²) in [6.45, 7) is 4.73. The molecule has 2 aromatic heterocycles. The number of aromatic nitrogens is 2. The van der Waals surface area contributed by atoms with Gasteiger partial charge >= 0.3 is 0 Å². The van der Waals surface area contributed by atoms with E-state index in [0.717, 1.165) is 22.6 Å². The van der Waals surface area contributed by atoms with Crippen LogP contribution in [-0.4, -0.2) is 9.13 Å². The van der Waals surface area contributed by atoms with Gasteiger partial charge in [-0.2, -0.15) is 0 Å². The highest BCUT2D eigenvalue weighted by Gasteiger charge is 2.50. The van der Waals surface area contributed by atoms with E-state index in [0.29, 0.717) is 0 Å². The molecule has 0 saturated heterocycles. The van der Waals surface area contributed by atoms with E-state index in [1.165, 1.54) is 88.4 Å². The van der Waals surface area contributed by atoms with Crippen LogP contribution in [0.5, 0.6) is 11.5 Å². The maximum Gasteiger partial charge on any atom is 0.133 e. The monoisotopic (exact) mass is 702 g/mol. The SMILES string of the molecule is CC1(C)c2ccccc2-c2ccc(-n3c4ccccc4c4cc5c(cc43)C3(c4ccccc4O5)c4ccccc4-n4c5ccccc5c5cccc3c54)cc21. The van der Waals surface area contributed by atoms with Crippen molar-refractivity contribution in [1.29, 1.82) is 0 Å². The predicted octanol–water partition coefficient (Wildman–Crippen LogP) is 13.0. The number of ether oxygens (including phenoxy) is 1. The lowest BCUT2D eigenvalue weighted by Crippen LogP contribution is -2.37. The molecule has 3 nitrogen and oxygen atoms in total. The summed E-state index contributed by atoms with van der Waals surface area (Å²) in [6, 6.07) is 63.1. The molecule has 2 aliphatic heterocycles. The van der Waals surface area contributed by atoms with Gasteiger partial charge < -0.3 is 13.9 Å². The second-order valence-electron chi connectivity index (χ2n) is 16.0. The third-order valence-corrected chi connectivity index (χ3v) is 13.2. The average Bonchev–Trinajstić information content (AvgIpc) is 3.82. The van der Waals surface area contributed by atoms with Crippen molar-refractivity contribution in [3.8, 4) is 34.0 Å². The molecule has 0 N–H and O–H groups in total. The Morgan fingerprint density at radius 2 is 1.04 bits per heavy atom. The first-order chi connectivity index (χ1) is 27.0. The molecular weight excluding hydrogens is 669 g/mol. The van der Waals surface area contributed by atoms with Gasteiger partial charge in [0, 0.05) is 43.8 Å². The summed E-state index contributed by atoms with van der Waals surface area (Å²) in [5, 5.41) is 4.93. The van der Waals surface area contributed by atoms with Gasteiger partial charge in [-0.1, -0.05) is 135 Å². The molecule has 55 heavy (non-hydrogen) atoms. The topological polar surface area (TPSA) is 19.1 Å². The third kappa shape index (κ3) is 3.44. The summed E-state index contributed by atoms with van der Waals surface area (Å²) in [4.78, 5) is 0. The second kappa shape index (κ2) is 10.0. The smallest absolute Gasteiger partial charge is 0.133 e. The van der Waals surface area contributed by atoms with E-state index in [-0.39, 0.29) is 5.41 Å². The van der Waals surface area contributed by atoms with Gasteiger partial charge in [-0.05, 0) is 81.9 Å². The van der Waals surface area contributed by atoms with Crippen LogP contribution in [0.1, 0.15) is 47.2 Å². The molecule has 4 heterocycles. The van der Waals surface area contributed by atoms with Crippen molar-refractivity contribution in [3.63, 3.8) is 0 Å². The van der Waals surface area contributed by atoms with Crippen LogP contribution in [0, 0.1) is 0 Å². The molecule has 0 fully saturated rings. The van der Waals surface area contributed by atoms with E-state index in [1.54, 1.807) is 0 Å². The molecule has 10 aromatic rings. The number of hydrogen-bond acceptors (Lipinski definition) is 1. The van der Waals surface area contributed by atoms with E-state index in [9.17, 15) is 0 Å². The molecular formula is C52H34N2O. The fourth-order valence-electron chi connectivity index (χ4n) is 10.9. The first-order valence-corrected chi connectivity index (χ1v) is 19.3. The lowest BCUT2D eigenvalue weighted by Gasteiger charge is -2.45. The van der Waals surface area contributed by atoms with Crippen LogP contribution in [0.15, 0.2) is 170 Å². The summed E-state index contributed by atoms with van der Waals surface area (Å²) in [7, 11) is 0. The number of para-hydroxylation sites is 5. The predicted molar refractivity (Wildman–Crippen MR) is 225 cm³/mol. The Morgan fingerprint density at radius 3 is 1.89 bits per heavy atom. The molecule has 1 unspecified atom stereocenters. The molecule has 8 aromatic carbocycles. The van der Waals surface area contributed by atoms with Crippen LogP contribution < -0.4 is 4.74 Å². The summed E-state index contributed by atoms with van der Waals surface area (Å²) in [5.74, 6) is 1.80. The Balaban J connectivity index is 1.18. The van der Waals surface area contributed by atoms with Crippen molar-refractivity contribution in [2.24, 2.45) is 0 Å². The molecule has 1 atom stereocenters. The van der Waals surface area contributed by atoms with Crippen LogP contribution in [0.25, 0.3) is 66.1 Å². The maximum absolute atomic E-state index is 7.04. The fraction of sp³-hybridized carbons (Fsp3) is 0.0769. The van der Waals surface area contributed by atoms with Gasteiger partial charge in [0.2, 0.25) is 0 Å². The normalized spacial score (nSPS) is 16.9. The number of hydrogen-bond donors (Lipinski definition) is 0. The van der Waals surface area contributed by atoms with Gasteiger partial charge in [0.25, 0.3) is 0 Å². The summed E-state index contributed by atoms with van der Waals surface area (Å²) < 4.78 is 12.0. The van der Waals surface area contributed by atoms with Crippen LogP contribution in [0.4, 0.5) is 0 Å². The van der Waals surface area contributed by atoms with E-state index >= 15 is 0 Å². The van der Waals surface area contributed by atoms with Crippen LogP contribution >= 0.6 is 0 Å². The number of nitrogens with zero attached hydrogens (tertiary/aromatic N) is 2. The Hall–Kier alpha value is -6.84. The molecule has 3 aliphatic rings. The summed E-state index contributed by atoms with van der Waals surface area (Å²) in [6.07, 6.45) is 0. The van der Waals surface area contributed by atoms with E-state index in [1.807, 2.05) is 0 Å². The Morgan fingerprint density at radius 1 is 0.400 bits per heavy atom. The minimum absolute atomic E-state index is 0.107. The second-order valence-corrected chi connectivity index (χ2v) is 16.0. The molecule has 0 saturated carbocycles. The molecule has 3 heteroatoms. The number of fused-ring (bicyclic) bond motifs is 17. The molecule has 0 radical (unpaired) electrons. The van der Waals surface area contributed by atoms with E-state index in [2.05, 4.69) is 193 Å². The lowest BCUT2D eigenvalue weighted by atomic mass is 9.61. The largest absolute Gasteiger partial charge is 0.457 e. The highest BCUT2D eigenvalue weighted by atomic mass is 16.5. The standard InChI is InChI=1S/C52H34N2O/c1-51(2)38-18-6-3-14-32(38)33-27-26-31(28-42(33)51)53-44-22-9-5-16-35(44)37-29-49-43(30-47(37)53)52(40-20-8-12-25-48(40)55-49)39-19-7-11-24-46(39)54-45-23-10-4-15-34(45)36-17-13-21-41(52)50(36)54/h3-30H,1-2H3. The molecule has 0 amide bonds. The zero-order chi connectivity index (χ0) is 36.2. The highest BCUT2D eigenvalue weighted by molar-refractivity contribution is 6.13. The molecule has 1 spiro atoms. The van der Waals surface area contributed by atoms with Crippen molar-refractivity contribution < 1.29 is 4.74 Å². The number of benzene rings is 8. The average molecular weight is 703 g/mol. The first-order valence-electron chi connectivity index (χ1n) is 19.3. The van der Waals surface area contributed by atoms with Crippen molar-refractivity contribution in [3.05, 3.63) is 203 Å². The highest BCUT2D eigenvalue weighted by Crippen LogP contribution is 2.61. The summed E-state index contributed by atoms with van der Waals surface area (Å²) in [5.41, 5.74) is 16.7. The van der Waals surface area contributed by atoms with Gasteiger partial charge in [0.15, 0.2) is 0 Å².